The highest BCUT2D eigenvalue weighted by Gasteiger charge is 2.30. The van der Waals surface area contributed by atoms with E-state index in [1.807, 2.05) is 48.5 Å². The maximum absolute atomic E-state index is 15.6. The summed E-state index contributed by atoms with van der Waals surface area (Å²) in [6.45, 7) is 0. The Kier molecular flexibility index (Phi) is 7.29. The third-order valence-electron chi connectivity index (χ3n) is 12.9. The first-order chi connectivity index (χ1) is 30.1. The van der Waals surface area contributed by atoms with Gasteiger partial charge in [-0.05, 0) is 113 Å². The minimum absolute atomic E-state index is 0.833. The fraction of sp³-hybridized carbons (Fsp3) is 0. The molecule has 2 aromatic heterocycles. The van der Waals surface area contributed by atoms with Gasteiger partial charge >= 0.3 is 0 Å². The van der Waals surface area contributed by atoms with Gasteiger partial charge in [-0.15, -0.1) is 0 Å². The predicted octanol–water partition coefficient (Wildman–Crippen LogP) is 13.9. The Hall–Kier alpha value is -7.58. The van der Waals surface area contributed by atoms with Crippen LogP contribution in [0.15, 0.2) is 212 Å². The summed E-state index contributed by atoms with van der Waals surface area (Å²) < 4.78 is 18.0. The zero-order valence-corrected chi connectivity index (χ0v) is 33.9. The average molecular weight is 795 g/mol. The van der Waals surface area contributed by atoms with E-state index in [2.05, 4.69) is 168 Å². The highest BCUT2D eigenvalue weighted by Crippen LogP contribution is 2.45. The van der Waals surface area contributed by atoms with Crippen molar-refractivity contribution in [3.63, 3.8) is 0 Å². The molecule has 0 aliphatic rings. The van der Waals surface area contributed by atoms with Gasteiger partial charge in [0.2, 0.25) is 0 Å². The standard InChI is InChI=1S/C57H35N2OP/c60-61(45-15-2-1-3-16-45,46-24-20-36-10-4-5-12-38(36)31-46)47-25-28-49-44(32-47)19-18-43-30-41(22-26-48(43)49)42-23-29-53-55(35-42)59-54-34-40-14-7-6-13-39(40)33-52(54)51-27-21-37-11-8-9-17-50(37)56(51)57(59)58-53/h1-35H. The summed E-state index contributed by atoms with van der Waals surface area (Å²) in [6.07, 6.45) is 0. The maximum Gasteiger partial charge on any atom is 0.171 e. The second-order valence-electron chi connectivity index (χ2n) is 16.3. The van der Waals surface area contributed by atoms with Gasteiger partial charge in [0.1, 0.15) is 5.65 Å². The molecule has 0 spiro atoms. The first-order valence-electron chi connectivity index (χ1n) is 20.8. The van der Waals surface area contributed by atoms with Crippen molar-refractivity contribution in [3.05, 3.63) is 212 Å². The summed E-state index contributed by atoms with van der Waals surface area (Å²) in [5.74, 6) is 0. The third-order valence-corrected chi connectivity index (χ3v) is 16.0. The number of hydrogen-bond acceptors (Lipinski definition) is 2. The van der Waals surface area contributed by atoms with Gasteiger partial charge in [-0.1, -0.05) is 170 Å². The Morgan fingerprint density at radius 1 is 0.344 bits per heavy atom. The number of rotatable bonds is 4. The molecular weight excluding hydrogens is 760 g/mol. The molecule has 1 atom stereocenters. The Labute approximate surface area is 351 Å². The van der Waals surface area contributed by atoms with E-state index in [0.29, 0.717) is 0 Å². The minimum atomic E-state index is -3.19. The first-order valence-corrected chi connectivity index (χ1v) is 22.5. The molecular formula is C57H35N2OP. The molecule has 13 aromatic rings. The quantitative estimate of drug-likeness (QED) is 0.101. The first kappa shape index (κ1) is 34.3. The zero-order valence-electron chi connectivity index (χ0n) is 33.0. The second-order valence-corrected chi connectivity index (χ2v) is 19.1. The Balaban J connectivity index is 0.969. The zero-order chi connectivity index (χ0) is 40.2. The van der Waals surface area contributed by atoms with E-state index < -0.39 is 7.14 Å². The van der Waals surface area contributed by atoms with Crippen LogP contribution in [-0.4, -0.2) is 9.38 Å². The molecule has 0 aliphatic heterocycles. The molecule has 13 rings (SSSR count). The topological polar surface area (TPSA) is 34.4 Å². The van der Waals surface area contributed by atoms with Crippen molar-refractivity contribution in [3.8, 4) is 11.1 Å². The Morgan fingerprint density at radius 2 is 0.902 bits per heavy atom. The van der Waals surface area contributed by atoms with Crippen molar-refractivity contribution in [1.82, 2.24) is 9.38 Å². The summed E-state index contributed by atoms with van der Waals surface area (Å²) in [6, 6.07) is 75.1. The van der Waals surface area contributed by atoms with Crippen LogP contribution in [0.1, 0.15) is 0 Å². The monoisotopic (exact) mass is 794 g/mol. The van der Waals surface area contributed by atoms with Crippen molar-refractivity contribution >= 4 is 115 Å². The van der Waals surface area contributed by atoms with Crippen molar-refractivity contribution < 1.29 is 4.57 Å². The molecule has 11 aromatic carbocycles. The lowest BCUT2D eigenvalue weighted by Gasteiger charge is -2.21. The molecule has 0 N–H and O–H groups in total. The van der Waals surface area contributed by atoms with Crippen LogP contribution in [0.2, 0.25) is 0 Å². The Bertz CT molecular complexity index is 4040. The van der Waals surface area contributed by atoms with Crippen LogP contribution in [-0.2, 0) is 4.57 Å². The van der Waals surface area contributed by atoms with Crippen molar-refractivity contribution in [1.29, 1.82) is 0 Å². The highest BCUT2D eigenvalue weighted by atomic mass is 31.2. The van der Waals surface area contributed by atoms with Crippen LogP contribution >= 0.6 is 7.14 Å². The largest absolute Gasteiger partial charge is 0.309 e. The van der Waals surface area contributed by atoms with E-state index in [4.69, 9.17) is 4.98 Å². The summed E-state index contributed by atoms with van der Waals surface area (Å²) in [5.41, 5.74) is 6.46. The fourth-order valence-corrected chi connectivity index (χ4v) is 12.6. The number of pyridine rings is 1. The third kappa shape index (κ3) is 5.11. The number of hydrogen-bond donors (Lipinski definition) is 0. The normalized spacial score (nSPS) is 13.1. The van der Waals surface area contributed by atoms with E-state index in [1.54, 1.807) is 0 Å². The van der Waals surface area contributed by atoms with E-state index in [0.717, 1.165) is 76.2 Å². The van der Waals surface area contributed by atoms with E-state index in [9.17, 15) is 0 Å². The number of nitrogens with zero attached hydrogens (tertiary/aromatic N) is 2. The molecule has 61 heavy (non-hydrogen) atoms. The lowest BCUT2D eigenvalue weighted by Crippen LogP contribution is -2.25. The van der Waals surface area contributed by atoms with Crippen LogP contribution in [0, 0.1) is 0 Å². The summed E-state index contributed by atoms with van der Waals surface area (Å²) in [4.78, 5) is 5.36. The van der Waals surface area contributed by atoms with E-state index in [-0.39, 0.29) is 0 Å². The predicted molar refractivity (Wildman–Crippen MR) is 260 cm³/mol. The van der Waals surface area contributed by atoms with Crippen LogP contribution in [0.4, 0.5) is 0 Å². The Morgan fingerprint density at radius 3 is 1.70 bits per heavy atom. The summed E-state index contributed by atoms with van der Waals surface area (Å²) >= 11 is 0. The van der Waals surface area contributed by atoms with Gasteiger partial charge < -0.3 is 4.57 Å². The fourth-order valence-electron chi connectivity index (χ4n) is 9.92. The summed E-state index contributed by atoms with van der Waals surface area (Å²) in [5, 5.41) is 17.7. The van der Waals surface area contributed by atoms with Crippen LogP contribution in [0.25, 0.3) is 103 Å². The molecule has 0 radical (unpaired) electrons. The molecule has 0 fully saturated rings. The summed E-state index contributed by atoms with van der Waals surface area (Å²) in [7, 11) is -3.19. The van der Waals surface area contributed by atoms with Crippen LogP contribution < -0.4 is 15.9 Å². The molecule has 0 amide bonds. The maximum atomic E-state index is 15.6. The molecule has 0 saturated heterocycles. The molecule has 0 saturated carbocycles. The van der Waals surface area contributed by atoms with Gasteiger partial charge in [-0.2, -0.15) is 0 Å². The minimum Gasteiger partial charge on any atom is -0.309 e. The molecule has 3 nitrogen and oxygen atoms in total. The molecule has 0 bridgehead atoms. The number of fused-ring (bicyclic) bond motifs is 15. The van der Waals surface area contributed by atoms with Crippen molar-refractivity contribution in [2.24, 2.45) is 0 Å². The molecule has 2 heterocycles. The number of benzene rings is 11. The highest BCUT2D eigenvalue weighted by molar-refractivity contribution is 7.85. The molecule has 0 aliphatic carbocycles. The van der Waals surface area contributed by atoms with Gasteiger partial charge in [0.05, 0.1) is 16.6 Å². The van der Waals surface area contributed by atoms with Gasteiger partial charge in [-0.25, -0.2) is 4.98 Å². The van der Waals surface area contributed by atoms with E-state index in [1.165, 1.54) is 43.1 Å². The lowest BCUT2D eigenvalue weighted by molar-refractivity contribution is 0.592. The lowest BCUT2D eigenvalue weighted by atomic mass is 9.97. The van der Waals surface area contributed by atoms with Crippen molar-refractivity contribution in [2.75, 3.05) is 0 Å². The molecule has 284 valence electrons. The van der Waals surface area contributed by atoms with Gasteiger partial charge in [0.15, 0.2) is 7.14 Å². The molecule has 4 heteroatoms. The smallest absolute Gasteiger partial charge is 0.171 e. The van der Waals surface area contributed by atoms with Gasteiger partial charge in [0, 0.05) is 26.7 Å². The van der Waals surface area contributed by atoms with E-state index >= 15 is 4.57 Å². The molecule has 1 unspecified atom stereocenters. The van der Waals surface area contributed by atoms with Crippen molar-refractivity contribution in [2.45, 2.75) is 0 Å². The number of imidazole rings is 1. The van der Waals surface area contributed by atoms with Gasteiger partial charge in [-0.3, -0.25) is 4.40 Å². The van der Waals surface area contributed by atoms with Gasteiger partial charge in [0.25, 0.3) is 0 Å². The number of aromatic nitrogens is 2. The van der Waals surface area contributed by atoms with Crippen LogP contribution in [0.5, 0.6) is 0 Å². The average Bonchev–Trinajstić information content (AvgIpc) is 3.72. The SMILES string of the molecule is O=P(c1ccccc1)(c1ccc2ccccc2c1)c1ccc2c(ccc3cc(-c4ccc5nc6c7c8ccccc8ccc7c7cc8ccccc8cc7n6c5c4)ccc32)c1. The van der Waals surface area contributed by atoms with Crippen LogP contribution in [0.3, 0.4) is 0 Å². The second kappa shape index (κ2) is 13.0.